The number of benzene rings is 2. The van der Waals surface area contributed by atoms with Crippen LogP contribution in [0.5, 0.6) is 11.5 Å². The lowest BCUT2D eigenvalue weighted by atomic mass is 9.90. The number of carbonyl (C=O) groups excluding carboxylic acids is 1. The van der Waals surface area contributed by atoms with Gasteiger partial charge in [0.25, 0.3) is 0 Å². The molecule has 6 nitrogen and oxygen atoms in total. The van der Waals surface area contributed by atoms with Crippen molar-refractivity contribution in [3.63, 3.8) is 0 Å². The molecule has 0 aromatic heterocycles. The number of piperidine rings is 1. The monoisotopic (exact) mass is 542 g/mol. The summed E-state index contributed by atoms with van der Waals surface area (Å²) in [6.07, 6.45) is 8.91. The number of nitrogens with two attached hydrogens (primary N) is 1. The molecule has 1 heterocycles. The van der Waals surface area contributed by atoms with Gasteiger partial charge in [0.1, 0.15) is 5.75 Å². The number of para-hydroxylation sites is 2. The van der Waals surface area contributed by atoms with Crippen LogP contribution in [0, 0.1) is 11.8 Å². The lowest BCUT2D eigenvalue weighted by molar-refractivity contribution is -0.200. The molecule has 1 aliphatic carbocycles. The maximum absolute atomic E-state index is 13.0. The second-order valence-electron chi connectivity index (χ2n) is 11.0. The Labute approximate surface area is 232 Å². The van der Waals surface area contributed by atoms with Gasteiger partial charge in [0.05, 0.1) is 10.6 Å². The second-order valence-corrected chi connectivity index (χ2v) is 11.4. The molecule has 1 saturated heterocycles. The average molecular weight is 543 g/mol. The van der Waals surface area contributed by atoms with Crippen molar-refractivity contribution in [2.24, 2.45) is 17.6 Å². The summed E-state index contributed by atoms with van der Waals surface area (Å²) in [4.78, 5) is 15.1. The molecule has 2 aromatic rings. The number of hydrogen-bond acceptors (Lipinski definition) is 5. The lowest BCUT2D eigenvalue weighted by Crippen LogP contribution is -2.42. The van der Waals surface area contributed by atoms with Gasteiger partial charge in [0, 0.05) is 38.6 Å². The number of nitrogens with zero attached hydrogens (tertiary/aromatic N) is 1. The second kappa shape index (κ2) is 13.3. The van der Waals surface area contributed by atoms with E-state index < -0.39 is 5.79 Å². The third-order valence-electron chi connectivity index (χ3n) is 8.32. The molecule has 1 saturated carbocycles. The van der Waals surface area contributed by atoms with Crippen molar-refractivity contribution < 1.29 is 19.4 Å². The van der Waals surface area contributed by atoms with Gasteiger partial charge in [-0.25, -0.2) is 0 Å². The lowest BCUT2D eigenvalue weighted by Gasteiger charge is -2.35. The standard InChI is InChI=1S/C31H43ClN2O4/c1-3-23-12-4-5-15-28(23)38-29-26(13-8-14-27(29)32)31(36,37-2)18-7-6-10-22-11-9-19-34(21-22)30(35)24-16-17-25(33)20-24/h4-5,8,12-15,22,24-25,36H,3,6-7,9-11,16-21,33H2,1-2H3. The Morgan fingerprint density at radius 1 is 1.16 bits per heavy atom. The van der Waals surface area contributed by atoms with Crippen molar-refractivity contribution in [1.82, 2.24) is 4.90 Å². The highest BCUT2D eigenvalue weighted by molar-refractivity contribution is 6.32. The molecule has 7 heteroatoms. The van der Waals surface area contributed by atoms with Crippen LogP contribution >= 0.6 is 11.6 Å². The molecule has 0 spiro atoms. The molecule has 208 valence electrons. The molecule has 3 N–H and O–H groups in total. The van der Waals surface area contributed by atoms with Gasteiger partial charge in [-0.1, -0.05) is 49.2 Å². The van der Waals surface area contributed by atoms with Crippen LogP contribution in [0.25, 0.3) is 0 Å². The van der Waals surface area contributed by atoms with Crippen LogP contribution in [0.15, 0.2) is 42.5 Å². The summed E-state index contributed by atoms with van der Waals surface area (Å²) in [5.74, 6) is 0.533. The van der Waals surface area contributed by atoms with Gasteiger partial charge in [0.2, 0.25) is 5.91 Å². The van der Waals surface area contributed by atoms with Crippen LogP contribution in [0.4, 0.5) is 0 Å². The fraction of sp³-hybridized carbons (Fsp3) is 0.581. The first kappa shape index (κ1) is 28.9. The van der Waals surface area contributed by atoms with Gasteiger partial charge in [-0.3, -0.25) is 4.79 Å². The molecule has 1 amide bonds. The Morgan fingerprint density at radius 3 is 2.71 bits per heavy atom. The number of aryl methyl sites for hydroxylation is 1. The van der Waals surface area contributed by atoms with E-state index in [0.29, 0.717) is 34.6 Å². The zero-order valence-electron chi connectivity index (χ0n) is 22.8. The maximum Gasteiger partial charge on any atom is 0.225 e. The van der Waals surface area contributed by atoms with Crippen molar-refractivity contribution in [1.29, 1.82) is 0 Å². The van der Waals surface area contributed by atoms with Crippen molar-refractivity contribution in [2.75, 3.05) is 20.2 Å². The van der Waals surface area contributed by atoms with Gasteiger partial charge in [-0.05, 0) is 81.0 Å². The molecule has 4 atom stereocenters. The molecule has 4 unspecified atom stereocenters. The number of amides is 1. The molecule has 2 aromatic carbocycles. The van der Waals surface area contributed by atoms with E-state index >= 15 is 0 Å². The number of hydrogen-bond donors (Lipinski definition) is 2. The number of halogens is 1. The quantitative estimate of drug-likeness (QED) is 0.253. The fourth-order valence-electron chi connectivity index (χ4n) is 6.07. The Balaban J connectivity index is 1.35. The van der Waals surface area contributed by atoms with Crippen LogP contribution in [0.2, 0.25) is 5.02 Å². The van der Waals surface area contributed by atoms with E-state index in [0.717, 1.165) is 82.2 Å². The topological polar surface area (TPSA) is 85.0 Å². The number of likely N-dealkylation sites (tertiary alicyclic amines) is 1. The summed E-state index contributed by atoms with van der Waals surface area (Å²) in [5.41, 5.74) is 7.64. The number of unbranched alkanes of at least 4 members (excludes halogenated alkanes) is 1. The van der Waals surface area contributed by atoms with Crippen LogP contribution in [0.3, 0.4) is 0 Å². The number of rotatable bonds is 11. The molecule has 0 bridgehead atoms. The Bertz CT molecular complexity index is 1080. The van der Waals surface area contributed by atoms with Crippen molar-refractivity contribution in [2.45, 2.75) is 83.0 Å². The average Bonchev–Trinajstić information content (AvgIpc) is 3.38. The largest absolute Gasteiger partial charge is 0.455 e. The molecule has 2 fully saturated rings. The first-order valence-electron chi connectivity index (χ1n) is 14.2. The van der Waals surface area contributed by atoms with E-state index in [2.05, 4.69) is 11.8 Å². The third-order valence-corrected chi connectivity index (χ3v) is 8.62. The van der Waals surface area contributed by atoms with Crippen LogP contribution < -0.4 is 10.5 Å². The number of aliphatic hydroxyl groups is 1. The third kappa shape index (κ3) is 6.90. The van der Waals surface area contributed by atoms with Crippen LogP contribution in [-0.2, 0) is 21.7 Å². The predicted octanol–water partition coefficient (Wildman–Crippen LogP) is 6.41. The van der Waals surface area contributed by atoms with Crippen molar-refractivity contribution in [3.8, 4) is 11.5 Å². The van der Waals surface area contributed by atoms with E-state index in [9.17, 15) is 9.90 Å². The normalized spacial score (nSPS) is 23.3. The van der Waals surface area contributed by atoms with E-state index in [1.54, 1.807) is 6.07 Å². The smallest absolute Gasteiger partial charge is 0.225 e. The number of methoxy groups -OCH3 is 1. The molecule has 2 aliphatic rings. The highest BCUT2D eigenvalue weighted by Crippen LogP contribution is 2.42. The summed E-state index contributed by atoms with van der Waals surface area (Å²) in [5, 5.41) is 12.0. The van der Waals surface area contributed by atoms with Gasteiger partial charge >= 0.3 is 0 Å². The number of ether oxygens (including phenoxy) is 2. The summed E-state index contributed by atoms with van der Waals surface area (Å²) in [7, 11) is 1.52. The summed E-state index contributed by atoms with van der Waals surface area (Å²) in [6, 6.07) is 13.4. The van der Waals surface area contributed by atoms with Crippen LogP contribution in [-0.4, -0.2) is 42.2 Å². The molecule has 1 aliphatic heterocycles. The van der Waals surface area contributed by atoms with Crippen LogP contribution in [0.1, 0.15) is 75.8 Å². The highest BCUT2D eigenvalue weighted by Gasteiger charge is 2.35. The van der Waals surface area contributed by atoms with Gasteiger partial charge < -0.3 is 25.2 Å². The van der Waals surface area contributed by atoms with Crippen molar-refractivity contribution in [3.05, 3.63) is 58.6 Å². The molecule has 38 heavy (non-hydrogen) atoms. The summed E-state index contributed by atoms with van der Waals surface area (Å²) < 4.78 is 12.0. The molecule has 0 radical (unpaired) electrons. The zero-order chi connectivity index (χ0) is 27.1. The maximum atomic E-state index is 13.0. The zero-order valence-corrected chi connectivity index (χ0v) is 23.6. The molecular formula is C31H43ClN2O4. The molecule has 4 rings (SSSR count). The predicted molar refractivity (Wildman–Crippen MR) is 151 cm³/mol. The first-order valence-corrected chi connectivity index (χ1v) is 14.6. The Kier molecular flexibility index (Phi) is 10.1. The Hall–Kier alpha value is -2.12. The fourth-order valence-corrected chi connectivity index (χ4v) is 6.28. The highest BCUT2D eigenvalue weighted by atomic mass is 35.5. The van der Waals surface area contributed by atoms with Gasteiger partial charge in [-0.2, -0.15) is 0 Å². The summed E-state index contributed by atoms with van der Waals surface area (Å²) in [6.45, 7) is 3.78. The van der Waals surface area contributed by atoms with Gasteiger partial charge in [-0.15, -0.1) is 0 Å². The minimum absolute atomic E-state index is 0.110. The van der Waals surface area contributed by atoms with E-state index in [-0.39, 0.29) is 12.0 Å². The number of carbonyl (C=O) groups is 1. The SMILES string of the molecule is CCc1ccccc1Oc1c(Cl)cccc1C(O)(CCCCC1CCCN(C(=O)C2CCC(N)C2)C1)OC. The van der Waals surface area contributed by atoms with E-state index in [1.807, 2.05) is 36.4 Å². The summed E-state index contributed by atoms with van der Waals surface area (Å²) >= 11 is 6.56. The van der Waals surface area contributed by atoms with Crippen molar-refractivity contribution >= 4 is 17.5 Å². The van der Waals surface area contributed by atoms with Gasteiger partial charge in [0.15, 0.2) is 11.5 Å². The van der Waals surface area contributed by atoms with E-state index in [4.69, 9.17) is 26.8 Å². The first-order chi connectivity index (χ1) is 18.3. The minimum Gasteiger partial charge on any atom is -0.455 e. The van der Waals surface area contributed by atoms with E-state index in [1.165, 1.54) is 7.11 Å². The molecular weight excluding hydrogens is 500 g/mol. The minimum atomic E-state index is -1.52. The Morgan fingerprint density at radius 2 is 1.97 bits per heavy atom.